The number of hydrogen-bond donors (Lipinski definition) is 1. The summed E-state index contributed by atoms with van der Waals surface area (Å²) < 4.78 is 5.31. The summed E-state index contributed by atoms with van der Waals surface area (Å²) in [5.41, 5.74) is 1.37. The molecule has 0 aliphatic rings. The van der Waals surface area contributed by atoms with E-state index >= 15 is 0 Å². The molecule has 12 heteroatoms. The van der Waals surface area contributed by atoms with Crippen LogP contribution in [0.2, 0.25) is 0 Å². The number of aliphatic carboxylic acids is 1. The molecule has 0 aliphatic heterocycles. The van der Waals surface area contributed by atoms with Crippen molar-refractivity contribution in [3.05, 3.63) is 35.7 Å². The molecule has 3 heterocycles. The number of carboxylic acid groups (broad SMARTS) is 1. The van der Waals surface area contributed by atoms with Crippen LogP contribution in [0, 0.1) is 0 Å². The summed E-state index contributed by atoms with van der Waals surface area (Å²) in [6.07, 6.45) is 5.65. The lowest BCUT2D eigenvalue weighted by Crippen LogP contribution is -2.30. The van der Waals surface area contributed by atoms with Crippen LogP contribution in [0.15, 0.2) is 18.6 Å². The van der Waals surface area contributed by atoms with Gasteiger partial charge >= 0.3 is 5.97 Å². The number of nitrogens with zero attached hydrogens (tertiary/aromatic N) is 10. The Hall–Kier alpha value is -3.15. The van der Waals surface area contributed by atoms with Crippen molar-refractivity contribution in [1.82, 2.24) is 49.9 Å². The first kappa shape index (κ1) is 25.5. The molecule has 0 fully saturated rings. The molecule has 186 valence electrons. The third kappa shape index (κ3) is 6.46. The van der Waals surface area contributed by atoms with Crippen molar-refractivity contribution in [3.8, 4) is 0 Å². The van der Waals surface area contributed by atoms with Crippen molar-refractivity contribution in [1.29, 1.82) is 0 Å². The van der Waals surface area contributed by atoms with Gasteiger partial charge in [0.05, 0.1) is 58.7 Å². The van der Waals surface area contributed by atoms with Gasteiger partial charge in [0.15, 0.2) is 0 Å². The van der Waals surface area contributed by atoms with E-state index in [0.29, 0.717) is 19.6 Å². The van der Waals surface area contributed by atoms with E-state index < -0.39 is 11.5 Å². The molecule has 3 aromatic heterocycles. The van der Waals surface area contributed by atoms with Gasteiger partial charge < -0.3 is 5.11 Å². The van der Waals surface area contributed by atoms with E-state index in [1.165, 1.54) is 0 Å². The van der Waals surface area contributed by atoms with Crippen LogP contribution in [0.4, 0.5) is 0 Å². The Morgan fingerprint density at radius 3 is 1.41 bits per heavy atom. The zero-order valence-electron chi connectivity index (χ0n) is 21.4. The quantitative estimate of drug-likeness (QED) is 0.498. The average molecular weight is 473 g/mol. The van der Waals surface area contributed by atoms with Gasteiger partial charge in [0.2, 0.25) is 0 Å². The number of aromatic nitrogens is 9. The topological polar surface area (TPSA) is 133 Å². The van der Waals surface area contributed by atoms with Crippen LogP contribution in [0.5, 0.6) is 0 Å². The van der Waals surface area contributed by atoms with E-state index in [4.69, 9.17) is 0 Å². The molecule has 34 heavy (non-hydrogen) atoms. The van der Waals surface area contributed by atoms with Crippen LogP contribution in [-0.4, -0.2) is 61.0 Å². The van der Waals surface area contributed by atoms with Crippen molar-refractivity contribution in [2.24, 2.45) is 0 Å². The molecule has 1 N–H and O–H groups in total. The summed E-state index contributed by atoms with van der Waals surface area (Å²) in [6, 6.07) is 0. The van der Waals surface area contributed by atoms with Gasteiger partial charge in [0.1, 0.15) is 0 Å². The molecular weight excluding hydrogens is 436 g/mol. The van der Waals surface area contributed by atoms with E-state index in [0.717, 1.165) is 17.1 Å². The first-order valence-electron chi connectivity index (χ1n) is 11.3. The fourth-order valence-corrected chi connectivity index (χ4v) is 3.37. The molecule has 0 saturated carbocycles. The highest BCUT2D eigenvalue weighted by atomic mass is 16.4. The SMILES string of the molecule is CC(C)(C)n1cc(CN(Cc2cn(C(C)(C)C)nn2)Cc2cn(C(C)(C)CC(=O)O)nn2)nn1. The van der Waals surface area contributed by atoms with E-state index in [-0.39, 0.29) is 17.5 Å². The van der Waals surface area contributed by atoms with Crippen LogP contribution in [0.1, 0.15) is 78.9 Å². The van der Waals surface area contributed by atoms with Gasteiger partial charge in [-0.3, -0.25) is 9.69 Å². The molecule has 12 nitrogen and oxygen atoms in total. The maximum Gasteiger partial charge on any atom is 0.305 e. The molecule has 0 bridgehead atoms. The first-order chi connectivity index (χ1) is 15.6. The molecule has 0 atom stereocenters. The Morgan fingerprint density at radius 2 is 1.09 bits per heavy atom. The second-order valence-electron chi connectivity index (χ2n) is 11.3. The molecule has 0 aromatic carbocycles. The zero-order valence-corrected chi connectivity index (χ0v) is 21.4. The van der Waals surface area contributed by atoms with Crippen molar-refractivity contribution in [2.75, 3.05) is 0 Å². The van der Waals surface area contributed by atoms with Crippen LogP contribution in [0.3, 0.4) is 0 Å². The van der Waals surface area contributed by atoms with Crippen LogP contribution in [-0.2, 0) is 41.0 Å². The summed E-state index contributed by atoms with van der Waals surface area (Å²) >= 11 is 0. The van der Waals surface area contributed by atoms with Gasteiger partial charge in [0, 0.05) is 19.6 Å². The maximum atomic E-state index is 11.2. The summed E-state index contributed by atoms with van der Waals surface area (Å²) in [4.78, 5) is 13.4. The lowest BCUT2D eigenvalue weighted by Gasteiger charge is -2.22. The standard InChI is InChI=1S/C22H36N10O2/c1-20(2,3)30-13-16(23-26-30)10-29(11-17-14-31(27-24-17)21(4,5)6)12-18-15-32(28-25-18)22(7,8)9-19(33)34/h13-15H,9-12H2,1-8H3,(H,33,34). The Labute approximate surface area is 199 Å². The first-order valence-corrected chi connectivity index (χ1v) is 11.3. The van der Waals surface area contributed by atoms with E-state index in [2.05, 4.69) is 77.4 Å². The highest BCUT2D eigenvalue weighted by Gasteiger charge is 2.26. The predicted octanol–water partition coefficient (Wildman–Crippen LogP) is 2.38. The molecule has 0 saturated heterocycles. The highest BCUT2D eigenvalue weighted by molar-refractivity contribution is 5.67. The minimum absolute atomic E-state index is 0.0503. The lowest BCUT2D eigenvalue weighted by molar-refractivity contribution is -0.139. The number of rotatable bonds is 9. The number of carboxylic acids is 1. The van der Waals surface area contributed by atoms with Crippen LogP contribution >= 0.6 is 0 Å². The fraction of sp³-hybridized carbons (Fsp3) is 0.682. The summed E-state index contributed by atoms with van der Waals surface area (Å²) in [5.74, 6) is -0.882. The monoisotopic (exact) mass is 472 g/mol. The number of carbonyl (C=O) groups is 1. The lowest BCUT2D eigenvalue weighted by atomic mass is 10.0. The summed E-state index contributed by atoms with van der Waals surface area (Å²) in [5, 5.41) is 35.0. The second-order valence-corrected chi connectivity index (χ2v) is 11.3. The van der Waals surface area contributed by atoms with Gasteiger partial charge in [0.25, 0.3) is 0 Å². The van der Waals surface area contributed by atoms with Crippen molar-refractivity contribution >= 4 is 5.97 Å². The summed E-state index contributed by atoms with van der Waals surface area (Å²) in [7, 11) is 0. The normalized spacial score (nSPS) is 13.1. The molecule has 0 radical (unpaired) electrons. The van der Waals surface area contributed by atoms with Gasteiger partial charge in [-0.1, -0.05) is 15.6 Å². The Morgan fingerprint density at radius 1 is 0.735 bits per heavy atom. The van der Waals surface area contributed by atoms with Crippen LogP contribution in [0.25, 0.3) is 0 Å². The predicted molar refractivity (Wildman–Crippen MR) is 125 cm³/mol. The molecule has 0 aliphatic carbocycles. The largest absolute Gasteiger partial charge is 0.481 e. The molecule has 3 aromatic rings. The van der Waals surface area contributed by atoms with E-state index in [9.17, 15) is 9.90 Å². The molecular formula is C22H36N10O2. The smallest absolute Gasteiger partial charge is 0.305 e. The van der Waals surface area contributed by atoms with Crippen molar-refractivity contribution in [3.63, 3.8) is 0 Å². The molecule has 3 rings (SSSR count). The third-order valence-corrected chi connectivity index (χ3v) is 5.36. The van der Waals surface area contributed by atoms with Gasteiger partial charge in [-0.15, -0.1) is 15.3 Å². The van der Waals surface area contributed by atoms with Crippen LogP contribution < -0.4 is 0 Å². The summed E-state index contributed by atoms with van der Waals surface area (Å²) in [6.45, 7) is 17.6. The highest BCUT2D eigenvalue weighted by Crippen LogP contribution is 2.20. The van der Waals surface area contributed by atoms with Gasteiger partial charge in [-0.25, -0.2) is 14.0 Å². The van der Waals surface area contributed by atoms with Crippen molar-refractivity contribution in [2.45, 2.75) is 98.1 Å². The fourth-order valence-electron chi connectivity index (χ4n) is 3.37. The average Bonchev–Trinajstić information content (AvgIpc) is 3.39. The Balaban J connectivity index is 1.82. The maximum absolute atomic E-state index is 11.2. The molecule has 0 spiro atoms. The zero-order chi connectivity index (χ0) is 25.3. The number of hydrogen-bond acceptors (Lipinski definition) is 8. The third-order valence-electron chi connectivity index (χ3n) is 5.36. The Bertz CT molecular complexity index is 1060. The minimum atomic E-state index is -0.882. The van der Waals surface area contributed by atoms with Gasteiger partial charge in [-0.05, 0) is 55.4 Å². The van der Waals surface area contributed by atoms with Gasteiger partial charge in [-0.2, -0.15) is 0 Å². The van der Waals surface area contributed by atoms with Crippen molar-refractivity contribution < 1.29 is 9.90 Å². The second kappa shape index (κ2) is 9.24. The molecule has 0 unspecified atom stereocenters. The van der Waals surface area contributed by atoms with E-state index in [1.807, 2.05) is 35.6 Å². The molecule has 0 amide bonds. The van der Waals surface area contributed by atoms with E-state index in [1.54, 1.807) is 10.9 Å². The minimum Gasteiger partial charge on any atom is -0.481 e. The Kier molecular flexibility index (Phi) is 6.92.